The van der Waals surface area contributed by atoms with Gasteiger partial charge in [0.25, 0.3) is 5.91 Å². The number of methoxy groups -OCH3 is 1. The van der Waals surface area contributed by atoms with Gasteiger partial charge < -0.3 is 15.8 Å². The molecule has 0 aliphatic heterocycles. The number of benzene rings is 2. The molecule has 1 saturated carbocycles. The molecule has 0 spiro atoms. The number of ether oxygens (including phenoxy) is 1. The fraction of sp³-hybridized carbons (Fsp3) is 0.318. The lowest BCUT2D eigenvalue weighted by Crippen LogP contribution is -2.38. The van der Waals surface area contributed by atoms with Gasteiger partial charge in [-0.05, 0) is 48.9 Å². The number of nitrogens with one attached hydrogen (secondary N) is 2. The van der Waals surface area contributed by atoms with Crippen molar-refractivity contribution in [2.75, 3.05) is 7.11 Å². The standard InChI is InChI=1S/C22H25N3O3/c1-28-22(27)18-10-12-19(13-11-18)25-21(26)17-8-4-15(5-9-17)14-2-6-16(7-3-14)20(23)24/h2-9,18-19H,10-13H2,1H3,(H3,23,24)(H,25,26). The summed E-state index contributed by atoms with van der Waals surface area (Å²) in [5, 5.41) is 10.5. The van der Waals surface area contributed by atoms with Gasteiger partial charge >= 0.3 is 5.97 Å². The third kappa shape index (κ3) is 4.57. The van der Waals surface area contributed by atoms with Crippen molar-refractivity contribution in [1.29, 1.82) is 5.41 Å². The van der Waals surface area contributed by atoms with Crippen LogP contribution in [0, 0.1) is 11.3 Å². The number of nitrogen functional groups attached to an aromatic ring is 1. The molecule has 6 nitrogen and oxygen atoms in total. The molecule has 3 rings (SSSR count). The summed E-state index contributed by atoms with van der Waals surface area (Å²) in [5.74, 6) is -0.261. The first-order chi connectivity index (χ1) is 13.5. The van der Waals surface area contributed by atoms with Gasteiger partial charge in [0.15, 0.2) is 0 Å². The molecule has 0 atom stereocenters. The molecule has 1 aliphatic carbocycles. The van der Waals surface area contributed by atoms with Crippen LogP contribution in [0.5, 0.6) is 0 Å². The number of esters is 1. The lowest BCUT2D eigenvalue weighted by atomic mass is 9.86. The molecule has 1 amide bonds. The third-order valence-corrected chi connectivity index (χ3v) is 5.27. The lowest BCUT2D eigenvalue weighted by Gasteiger charge is -2.27. The number of hydrogen-bond acceptors (Lipinski definition) is 4. The Hall–Kier alpha value is -3.15. The summed E-state index contributed by atoms with van der Waals surface area (Å²) in [6.45, 7) is 0. The Morgan fingerprint density at radius 3 is 1.89 bits per heavy atom. The molecule has 0 aromatic heterocycles. The number of rotatable bonds is 5. The minimum Gasteiger partial charge on any atom is -0.469 e. The van der Waals surface area contributed by atoms with E-state index < -0.39 is 0 Å². The molecule has 28 heavy (non-hydrogen) atoms. The number of amides is 1. The molecule has 0 heterocycles. The van der Waals surface area contributed by atoms with Crippen LogP contribution < -0.4 is 11.1 Å². The van der Waals surface area contributed by atoms with E-state index in [4.69, 9.17) is 15.9 Å². The van der Waals surface area contributed by atoms with Crippen molar-refractivity contribution in [3.63, 3.8) is 0 Å². The maximum Gasteiger partial charge on any atom is 0.308 e. The molecule has 0 bridgehead atoms. The molecule has 4 N–H and O–H groups in total. The molecule has 1 fully saturated rings. The highest BCUT2D eigenvalue weighted by Gasteiger charge is 2.27. The highest BCUT2D eigenvalue weighted by atomic mass is 16.5. The van der Waals surface area contributed by atoms with E-state index in [-0.39, 0.29) is 29.7 Å². The predicted molar refractivity (Wildman–Crippen MR) is 108 cm³/mol. The highest BCUT2D eigenvalue weighted by Crippen LogP contribution is 2.26. The second-order valence-electron chi connectivity index (χ2n) is 7.11. The van der Waals surface area contributed by atoms with Gasteiger partial charge in [0, 0.05) is 17.2 Å². The summed E-state index contributed by atoms with van der Waals surface area (Å²) in [6.07, 6.45) is 3.05. The van der Waals surface area contributed by atoms with E-state index in [1.165, 1.54) is 7.11 Å². The van der Waals surface area contributed by atoms with Crippen molar-refractivity contribution >= 4 is 17.7 Å². The first-order valence-corrected chi connectivity index (χ1v) is 9.41. The van der Waals surface area contributed by atoms with Crippen LogP contribution in [0.4, 0.5) is 0 Å². The normalized spacial score (nSPS) is 18.9. The first-order valence-electron chi connectivity index (χ1n) is 9.41. The number of hydrogen-bond donors (Lipinski definition) is 3. The van der Waals surface area contributed by atoms with Crippen molar-refractivity contribution in [3.05, 3.63) is 59.7 Å². The lowest BCUT2D eigenvalue weighted by molar-refractivity contribution is -0.146. The fourth-order valence-corrected chi connectivity index (χ4v) is 3.57. The minimum atomic E-state index is -0.156. The maximum absolute atomic E-state index is 12.5. The Bertz CT molecular complexity index is 852. The molecule has 2 aromatic carbocycles. The molecule has 6 heteroatoms. The van der Waals surface area contributed by atoms with E-state index in [0.29, 0.717) is 11.1 Å². The molecular formula is C22H25N3O3. The highest BCUT2D eigenvalue weighted by molar-refractivity contribution is 5.96. The Kier molecular flexibility index (Phi) is 6.09. The van der Waals surface area contributed by atoms with Gasteiger partial charge in [-0.3, -0.25) is 15.0 Å². The second-order valence-corrected chi connectivity index (χ2v) is 7.11. The molecular weight excluding hydrogens is 354 g/mol. The number of amidine groups is 1. The van der Waals surface area contributed by atoms with Gasteiger partial charge in [-0.25, -0.2) is 0 Å². The summed E-state index contributed by atoms with van der Waals surface area (Å²) in [4.78, 5) is 24.1. The van der Waals surface area contributed by atoms with Gasteiger partial charge in [-0.2, -0.15) is 0 Å². The quantitative estimate of drug-likeness (QED) is 0.422. The third-order valence-electron chi connectivity index (χ3n) is 5.27. The van der Waals surface area contributed by atoms with Gasteiger partial charge in [0.2, 0.25) is 0 Å². The van der Waals surface area contributed by atoms with E-state index in [1.54, 1.807) is 0 Å². The maximum atomic E-state index is 12.5. The van der Waals surface area contributed by atoms with Crippen LogP contribution in [-0.4, -0.2) is 30.9 Å². The number of carbonyl (C=O) groups excluding carboxylic acids is 2. The van der Waals surface area contributed by atoms with E-state index in [9.17, 15) is 9.59 Å². The van der Waals surface area contributed by atoms with Crippen molar-refractivity contribution in [2.45, 2.75) is 31.7 Å². The summed E-state index contributed by atoms with van der Waals surface area (Å²) < 4.78 is 4.80. The van der Waals surface area contributed by atoms with Gasteiger partial charge in [0.05, 0.1) is 13.0 Å². The Morgan fingerprint density at radius 2 is 1.43 bits per heavy atom. The zero-order chi connectivity index (χ0) is 20.1. The van der Waals surface area contributed by atoms with Crippen LogP contribution >= 0.6 is 0 Å². The molecule has 2 aromatic rings. The molecule has 0 unspecified atom stereocenters. The van der Waals surface area contributed by atoms with Crippen LogP contribution in [0.25, 0.3) is 11.1 Å². The fourth-order valence-electron chi connectivity index (χ4n) is 3.57. The van der Waals surface area contributed by atoms with Crippen molar-refractivity contribution in [1.82, 2.24) is 5.32 Å². The van der Waals surface area contributed by atoms with E-state index in [1.807, 2.05) is 48.5 Å². The second kappa shape index (κ2) is 8.69. The van der Waals surface area contributed by atoms with Gasteiger partial charge in [-0.1, -0.05) is 36.4 Å². The molecule has 146 valence electrons. The summed E-state index contributed by atoms with van der Waals surface area (Å²) in [6, 6.07) is 15.0. The summed E-state index contributed by atoms with van der Waals surface area (Å²) in [7, 11) is 1.41. The molecule has 0 saturated heterocycles. The van der Waals surface area contributed by atoms with E-state index in [0.717, 1.165) is 36.8 Å². The van der Waals surface area contributed by atoms with Gasteiger partial charge in [0.1, 0.15) is 5.84 Å². The predicted octanol–water partition coefficient (Wildman–Crippen LogP) is 3.10. The van der Waals surface area contributed by atoms with E-state index in [2.05, 4.69) is 5.32 Å². The Labute approximate surface area is 164 Å². The van der Waals surface area contributed by atoms with Crippen LogP contribution in [0.3, 0.4) is 0 Å². The SMILES string of the molecule is COC(=O)C1CCC(NC(=O)c2ccc(-c3ccc(C(=N)N)cc3)cc2)CC1. The van der Waals surface area contributed by atoms with Crippen LogP contribution in [-0.2, 0) is 9.53 Å². The van der Waals surface area contributed by atoms with Crippen molar-refractivity contribution < 1.29 is 14.3 Å². The average Bonchev–Trinajstić information content (AvgIpc) is 2.74. The topological polar surface area (TPSA) is 105 Å². The van der Waals surface area contributed by atoms with E-state index >= 15 is 0 Å². The monoisotopic (exact) mass is 379 g/mol. The Morgan fingerprint density at radius 1 is 0.929 bits per heavy atom. The number of carbonyl (C=O) groups is 2. The zero-order valence-corrected chi connectivity index (χ0v) is 15.9. The van der Waals surface area contributed by atoms with Crippen LogP contribution in [0.2, 0.25) is 0 Å². The van der Waals surface area contributed by atoms with Crippen molar-refractivity contribution in [2.24, 2.45) is 11.7 Å². The van der Waals surface area contributed by atoms with Crippen LogP contribution in [0.15, 0.2) is 48.5 Å². The summed E-state index contributed by atoms with van der Waals surface area (Å²) >= 11 is 0. The minimum absolute atomic E-state index is 0.0409. The average molecular weight is 379 g/mol. The molecule has 0 radical (unpaired) electrons. The summed E-state index contributed by atoms with van der Waals surface area (Å²) in [5.41, 5.74) is 8.76. The van der Waals surface area contributed by atoms with Crippen molar-refractivity contribution in [3.8, 4) is 11.1 Å². The number of nitrogens with two attached hydrogens (primary N) is 1. The molecule has 1 aliphatic rings. The van der Waals surface area contributed by atoms with Crippen LogP contribution in [0.1, 0.15) is 41.6 Å². The zero-order valence-electron chi connectivity index (χ0n) is 15.9. The largest absolute Gasteiger partial charge is 0.469 e. The Balaban J connectivity index is 1.58. The smallest absolute Gasteiger partial charge is 0.308 e. The first kappa shape index (κ1) is 19.6. The van der Waals surface area contributed by atoms with Gasteiger partial charge in [-0.15, -0.1) is 0 Å².